The summed E-state index contributed by atoms with van der Waals surface area (Å²) >= 11 is 0. The largest absolute Gasteiger partial charge is 0.354 e. The third-order valence-corrected chi connectivity index (χ3v) is 3.56. The van der Waals surface area contributed by atoms with E-state index in [-0.39, 0.29) is 17.9 Å². The van der Waals surface area contributed by atoms with Crippen LogP contribution in [0, 0.1) is 0 Å². The van der Waals surface area contributed by atoms with E-state index in [0.29, 0.717) is 18.5 Å². The van der Waals surface area contributed by atoms with Gasteiger partial charge in [-0.2, -0.15) is 0 Å². The van der Waals surface area contributed by atoms with Gasteiger partial charge in [0.15, 0.2) is 0 Å². The molecule has 0 aliphatic carbocycles. The third kappa shape index (κ3) is 6.26. The van der Waals surface area contributed by atoms with Crippen molar-refractivity contribution in [3.05, 3.63) is 35.4 Å². The molecule has 1 unspecified atom stereocenters. The van der Waals surface area contributed by atoms with E-state index in [4.69, 9.17) is 0 Å². The van der Waals surface area contributed by atoms with Crippen LogP contribution in [0.4, 0.5) is 0 Å². The molecule has 122 valence electrons. The second-order valence-corrected chi connectivity index (χ2v) is 5.39. The van der Waals surface area contributed by atoms with Crippen molar-refractivity contribution in [3.8, 4) is 0 Å². The number of amides is 2. The molecule has 1 rings (SSSR count). The number of nitrogens with one attached hydrogen (secondary N) is 3. The molecular formula is C17H27N3O2. The van der Waals surface area contributed by atoms with E-state index in [1.807, 2.05) is 45.2 Å². The summed E-state index contributed by atoms with van der Waals surface area (Å²) in [5, 5.41) is 8.78. The fourth-order valence-corrected chi connectivity index (χ4v) is 2.05. The van der Waals surface area contributed by atoms with E-state index in [0.717, 1.165) is 24.9 Å². The molecule has 0 radical (unpaired) electrons. The summed E-state index contributed by atoms with van der Waals surface area (Å²) in [5.41, 5.74) is 1.69. The summed E-state index contributed by atoms with van der Waals surface area (Å²) in [7, 11) is 1.89. The molecule has 1 atom stereocenters. The molecule has 2 amide bonds. The van der Waals surface area contributed by atoms with Crippen molar-refractivity contribution < 1.29 is 9.59 Å². The van der Waals surface area contributed by atoms with Gasteiger partial charge in [-0.1, -0.05) is 25.1 Å². The standard InChI is InChI=1S/C17H27N3O2/c1-4-13(2)20-16(21)10-12-19-17(22)15-8-6-5-7-14(15)9-11-18-3/h5-8,13,18H,4,9-12H2,1-3H3,(H,19,22)(H,20,21). The van der Waals surface area contributed by atoms with Gasteiger partial charge >= 0.3 is 0 Å². The SMILES string of the molecule is CCC(C)NC(=O)CCNC(=O)c1ccccc1CCNC. The number of carbonyl (C=O) groups is 2. The molecule has 1 aromatic rings. The Bertz CT molecular complexity index is 489. The molecule has 5 nitrogen and oxygen atoms in total. The first kappa shape index (κ1) is 18.2. The summed E-state index contributed by atoms with van der Waals surface area (Å²) in [6.45, 7) is 5.16. The van der Waals surface area contributed by atoms with Gasteiger partial charge in [-0.3, -0.25) is 9.59 Å². The minimum Gasteiger partial charge on any atom is -0.354 e. The average Bonchev–Trinajstić information content (AvgIpc) is 2.52. The van der Waals surface area contributed by atoms with E-state index < -0.39 is 0 Å². The van der Waals surface area contributed by atoms with Crippen LogP contribution in [0.5, 0.6) is 0 Å². The number of benzene rings is 1. The molecule has 0 aliphatic heterocycles. The monoisotopic (exact) mass is 305 g/mol. The molecule has 0 spiro atoms. The van der Waals surface area contributed by atoms with Gasteiger partial charge in [0.25, 0.3) is 5.91 Å². The van der Waals surface area contributed by atoms with Crippen LogP contribution in [-0.2, 0) is 11.2 Å². The first-order valence-corrected chi connectivity index (χ1v) is 7.88. The van der Waals surface area contributed by atoms with Crippen LogP contribution in [0.15, 0.2) is 24.3 Å². The number of likely N-dealkylation sites (N-methyl/N-ethyl adjacent to an activating group) is 1. The Balaban J connectivity index is 2.47. The smallest absolute Gasteiger partial charge is 0.251 e. The second kappa shape index (κ2) is 9.95. The summed E-state index contributed by atoms with van der Waals surface area (Å²) in [5.74, 6) is -0.152. The summed E-state index contributed by atoms with van der Waals surface area (Å²) in [6.07, 6.45) is 2.00. The number of rotatable bonds is 9. The lowest BCUT2D eigenvalue weighted by atomic mass is 10.0. The molecule has 0 saturated heterocycles. The maximum absolute atomic E-state index is 12.2. The molecule has 3 N–H and O–H groups in total. The minimum absolute atomic E-state index is 0.0295. The predicted octanol–water partition coefficient (Wildman–Crippen LogP) is 1.48. The van der Waals surface area contributed by atoms with Crippen molar-refractivity contribution in [2.75, 3.05) is 20.1 Å². The van der Waals surface area contributed by atoms with Crippen molar-refractivity contribution in [2.45, 2.75) is 39.2 Å². The van der Waals surface area contributed by atoms with Crippen molar-refractivity contribution >= 4 is 11.8 Å². The number of carbonyl (C=O) groups excluding carboxylic acids is 2. The first-order valence-electron chi connectivity index (χ1n) is 7.88. The number of hydrogen-bond donors (Lipinski definition) is 3. The van der Waals surface area contributed by atoms with Crippen molar-refractivity contribution in [1.29, 1.82) is 0 Å². The molecule has 1 aromatic carbocycles. The Morgan fingerprint density at radius 3 is 2.59 bits per heavy atom. The highest BCUT2D eigenvalue weighted by atomic mass is 16.2. The molecule has 22 heavy (non-hydrogen) atoms. The zero-order chi connectivity index (χ0) is 16.4. The van der Waals surface area contributed by atoms with Crippen LogP contribution in [0.3, 0.4) is 0 Å². The molecule has 0 bridgehead atoms. The van der Waals surface area contributed by atoms with E-state index in [2.05, 4.69) is 16.0 Å². The van der Waals surface area contributed by atoms with Crippen molar-refractivity contribution in [1.82, 2.24) is 16.0 Å². The van der Waals surface area contributed by atoms with E-state index in [9.17, 15) is 9.59 Å². The lowest BCUT2D eigenvalue weighted by Crippen LogP contribution is -2.35. The van der Waals surface area contributed by atoms with Gasteiger partial charge in [-0.15, -0.1) is 0 Å². The lowest BCUT2D eigenvalue weighted by Gasteiger charge is -2.12. The maximum atomic E-state index is 12.2. The summed E-state index contributed by atoms with van der Waals surface area (Å²) in [6, 6.07) is 7.74. The van der Waals surface area contributed by atoms with E-state index >= 15 is 0 Å². The first-order chi connectivity index (χ1) is 10.6. The fourth-order valence-electron chi connectivity index (χ4n) is 2.05. The van der Waals surface area contributed by atoms with Crippen LogP contribution < -0.4 is 16.0 Å². The van der Waals surface area contributed by atoms with Crippen molar-refractivity contribution in [3.63, 3.8) is 0 Å². The Morgan fingerprint density at radius 1 is 1.18 bits per heavy atom. The molecule has 0 fully saturated rings. The highest BCUT2D eigenvalue weighted by molar-refractivity contribution is 5.95. The maximum Gasteiger partial charge on any atom is 0.251 e. The summed E-state index contributed by atoms with van der Waals surface area (Å²) < 4.78 is 0. The highest BCUT2D eigenvalue weighted by Crippen LogP contribution is 2.09. The van der Waals surface area contributed by atoms with Crippen LogP contribution in [0.2, 0.25) is 0 Å². The predicted molar refractivity (Wildman–Crippen MR) is 88.9 cm³/mol. The van der Waals surface area contributed by atoms with Gasteiger partial charge < -0.3 is 16.0 Å². The third-order valence-electron chi connectivity index (χ3n) is 3.56. The normalized spacial score (nSPS) is 11.8. The minimum atomic E-state index is -0.122. The molecule has 0 aromatic heterocycles. The molecular weight excluding hydrogens is 278 g/mol. The highest BCUT2D eigenvalue weighted by Gasteiger charge is 2.11. The fraction of sp³-hybridized carbons (Fsp3) is 0.529. The van der Waals surface area contributed by atoms with Gasteiger partial charge in [0, 0.05) is 24.6 Å². The quantitative estimate of drug-likeness (QED) is 0.647. The zero-order valence-electron chi connectivity index (χ0n) is 13.7. The Labute approximate surface area is 132 Å². The van der Waals surface area contributed by atoms with Gasteiger partial charge in [0.1, 0.15) is 0 Å². The Hall–Kier alpha value is -1.88. The zero-order valence-corrected chi connectivity index (χ0v) is 13.7. The second-order valence-electron chi connectivity index (χ2n) is 5.39. The van der Waals surface area contributed by atoms with Gasteiger partial charge in [-0.05, 0) is 45.0 Å². The van der Waals surface area contributed by atoms with Gasteiger partial charge in [-0.25, -0.2) is 0 Å². The van der Waals surface area contributed by atoms with Gasteiger partial charge in [0.05, 0.1) is 0 Å². The van der Waals surface area contributed by atoms with Crippen LogP contribution in [0.25, 0.3) is 0 Å². The summed E-state index contributed by atoms with van der Waals surface area (Å²) in [4.78, 5) is 23.9. The Morgan fingerprint density at radius 2 is 1.91 bits per heavy atom. The molecule has 5 heteroatoms. The topological polar surface area (TPSA) is 70.2 Å². The van der Waals surface area contributed by atoms with E-state index in [1.54, 1.807) is 0 Å². The molecule has 0 aliphatic rings. The van der Waals surface area contributed by atoms with E-state index in [1.165, 1.54) is 0 Å². The molecule has 0 saturated carbocycles. The lowest BCUT2D eigenvalue weighted by molar-refractivity contribution is -0.121. The Kier molecular flexibility index (Phi) is 8.22. The van der Waals surface area contributed by atoms with Crippen LogP contribution in [0.1, 0.15) is 42.6 Å². The van der Waals surface area contributed by atoms with Crippen LogP contribution >= 0.6 is 0 Å². The number of hydrogen-bond acceptors (Lipinski definition) is 3. The van der Waals surface area contributed by atoms with Crippen molar-refractivity contribution in [2.24, 2.45) is 0 Å². The van der Waals surface area contributed by atoms with Gasteiger partial charge in [0.2, 0.25) is 5.91 Å². The van der Waals surface area contributed by atoms with Crippen LogP contribution in [-0.4, -0.2) is 38.0 Å². The average molecular weight is 305 g/mol. The molecule has 0 heterocycles.